The average molecular weight is 264 g/mol. The van der Waals surface area contributed by atoms with Crippen molar-refractivity contribution < 1.29 is 13.9 Å². The fraction of sp³-hybridized carbons (Fsp3) is 0.214. The van der Waals surface area contributed by atoms with Gasteiger partial charge >= 0.3 is 0 Å². The number of carbonyl (C=O) groups excluding carboxylic acids is 1. The van der Waals surface area contributed by atoms with Crippen molar-refractivity contribution in [3.05, 3.63) is 51.5 Å². The highest BCUT2D eigenvalue weighted by Gasteiger charge is 2.12. The van der Waals surface area contributed by atoms with Gasteiger partial charge in [-0.05, 0) is 32.0 Å². The Bertz CT molecular complexity index is 575. The molecule has 0 fully saturated rings. The highest BCUT2D eigenvalue weighted by Crippen LogP contribution is 2.21. The van der Waals surface area contributed by atoms with Crippen LogP contribution in [0, 0.1) is 19.7 Å². The van der Waals surface area contributed by atoms with Gasteiger partial charge in [-0.15, -0.1) is 11.3 Å². The van der Waals surface area contributed by atoms with Gasteiger partial charge < -0.3 is 4.74 Å². The SMILES string of the molecule is Cc1cc(C(=O)COc2cccc(F)c2)c(C)s1. The molecule has 0 amide bonds. The van der Waals surface area contributed by atoms with Crippen LogP contribution >= 0.6 is 11.3 Å². The molecule has 0 unspecified atom stereocenters. The second-order valence-electron chi connectivity index (χ2n) is 4.00. The van der Waals surface area contributed by atoms with E-state index in [1.54, 1.807) is 23.5 Å². The number of thiophene rings is 1. The molecule has 1 aromatic carbocycles. The van der Waals surface area contributed by atoms with Crippen LogP contribution in [0.15, 0.2) is 30.3 Å². The lowest BCUT2D eigenvalue weighted by Crippen LogP contribution is -2.11. The monoisotopic (exact) mass is 264 g/mol. The third-order valence-electron chi connectivity index (χ3n) is 2.51. The molecule has 2 nitrogen and oxygen atoms in total. The summed E-state index contributed by atoms with van der Waals surface area (Å²) >= 11 is 1.59. The van der Waals surface area contributed by atoms with Crippen LogP contribution in [0.4, 0.5) is 4.39 Å². The zero-order chi connectivity index (χ0) is 13.1. The van der Waals surface area contributed by atoms with Crippen molar-refractivity contribution in [2.75, 3.05) is 6.61 Å². The maximum Gasteiger partial charge on any atom is 0.201 e. The van der Waals surface area contributed by atoms with Crippen molar-refractivity contribution in [3.8, 4) is 5.75 Å². The van der Waals surface area contributed by atoms with Gasteiger partial charge in [0.15, 0.2) is 6.61 Å². The van der Waals surface area contributed by atoms with E-state index in [0.717, 1.165) is 9.75 Å². The Morgan fingerprint density at radius 1 is 1.33 bits per heavy atom. The van der Waals surface area contributed by atoms with Gasteiger partial charge in [0.2, 0.25) is 5.78 Å². The van der Waals surface area contributed by atoms with Crippen molar-refractivity contribution in [2.45, 2.75) is 13.8 Å². The molecule has 0 N–H and O–H groups in total. The third kappa shape index (κ3) is 2.96. The summed E-state index contributed by atoms with van der Waals surface area (Å²) in [5.41, 5.74) is 0.689. The molecule has 18 heavy (non-hydrogen) atoms. The molecule has 0 radical (unpaired) electrons. The summed E-state index contributed by atoms with van der Waals surface area (Å²) in [5, 5.41) is 0. The molecule has 2 aromatic rings. The number of ketones is 1. The van der Waals surface area contributed by atoms with E-state index < -0.39 is 0 Å². The normalized spacial score (nSPS) is 10.4. The molecule has 0 spiro atoms. The molecule has 1 heterocycles. The van der Waals surface area contributed by atoms with Gasteiger partial charge in [0.05, 0.1) is 0 Å². The number of Topliss-reactive ketones (excluding diaryl/α,β-unsaturated/α-hetero) is 1. The lowest BCUT2D eigenvalue weighted by atomic mass is 10.2. The molecule has 2 rings (SSSR count). The molecule has 0 saturated carbocycles. The fourth-order valence-electron chi connectivity index (χ4n) is 1.69. The van der Waals surface area contributed by atoms with E-state index in [1.807, 2.05) is 19.9 Å². The van der Waals surface area contributed by atoms with Gasteiger partial charge in [0.1, 0.15) is 11.6 Å². The van der Waals surface area contributed by atoms with Gasteiger partial charge in [0.25, 0.3) is 0 Å². The summed E-state index contributed by atoms with van der Waals surface area (Å²) < 4.78 is 18.2. The molecule has 94 valence electrons. The summed E-state index contributed by atoms with van der Waals surface area (Å²) in [7, 11) is 0. The van der Waals surface area contributed by atoms with Gasteiger partial charge in [-0.25, -0.2) is 4.39 Å². The summed E-state index contributed by atoms with van der Waals surface area (Å²) in [5.74, 6) is -0.0865. The molecule has 0 saturated heterocycles. The number of carbonyl (C=O) groups is 1. The number of rotatable bonds is 4. The summed E-state index contributed by atoms with van der Waals surface area (Å²) in [6, 6.07) is 7.63. The van der Waals surface area contributed by atoms with E-state index in [4.69, 9.17) is 4.74 Å². The smallest absolute Gasteiger partial charge is 0.201 e. The van der Waals surface area contributed by atoms with Crippen LogP contribution in [0.2, 0.25) is 0 Å². The van der Waals surface area contributed by atoms with Gasteiger partial charge in [-0.1, -0.05) is 6.07 Å². The molecular weight excluding hydrogens is 251 g/mol. The fourth-order valence-corrected chi connectivity index (χ4v) is 2.63. The van der Waals surface area contributed by atoms with Gasteiger partial charge in [-0.3, -0.25) is 4.79 Å². The molecule has 0 aliphatic rings. The molecule has 0 aliphatic carbocycles. The Morgan fingerprint density at radius 3 is 2.72 bits per heavy atom. The van der Waals surface area contributed by atoms with E-state index in [2.05, 4.69) is 0 Å². The van der Waals surface area contributed by atoms with E-state index in [-0.39, 0.29) is 18.2 Å². The second kappa shape index (κ2) is 5.31. The predicted molar refractivity (Wildman–Crippen MR) is 70.0 cm³/mol. The molecule has 0 aliphatic heterocycles. The van der Waals surface area contributed by atoms with Crippen molar-refractivity contribution in [1.82, 2.24) is 0 Å². The number of aryl methyl sites for hydroxylation is 2. The largest absolute Gasteiger partial charge is 0.485 e. The highest BCUT2D eigenvalue weighted by molar-refractivity contribution is 7.12. The minimum Gasteiger partial charge on any atom is -0.485 e. The molecule has 0 bridgehead atoms. The number of hydrogen-bond acceptors (Lipinski definition) is 3. The molecule has 1 aromatic heterocycles. The van der Waals surface area contributed by atoms with E-state index in [0.29, 0.717) is 11.3 Å². The maximum absolute atomic E-state index is 12.9. The standard InChI is InChI=1S/C14H13FO2S/c1-9-6-13(10(2)18-9)14(16)8-17-12-5-3-4-11(15)7-12/h3-7H,8H2,1-2H3. The zero-order valence-electron chi connectivity index (χ0n) is 10.2. The number of halogens is 1. The minimum absolute atomic E-state index is 0.0690. The number of ether oxygens (including phenoxy) is 1. The Balaban J connectivity index is 2.03. The topological polar surface area (TPSA) is 26.3 Å². The molecule has 4 heteroatoms. The first kappa shape index (κ1) is 12.8. The van der Waals surface area contributed by atoms with Crippen LogP contribution in [0.3, 0.4) is 0 Å². The lowest BCUT2D eigenvalue weighted by Gasteiger charge is -2.05. The van der Waals surface area contributed by atoms with Crippen LogP contribution in [0.25, 0.3) is 0 Å². The summed E-state index contributed by atoms with van der Waals surface area (Å²) in [6.07, 6.45) is 0. The zero-order valence-corrected chi connectivity index (χ0v) is 11.0. The second-order valence-corrected chi connectivity index (χ2v) is 5.46. The Morgan fingerprint density at radius 2 is 2.11 bits per heavy atom. The van der Waals surface area contributed by atoms with Crippen molar-refractivity contribution in [1.29, 1.82) is 0 Å². The van der Waals surface area contributed by atoms with Crippen molar-refractivity contribution in [2.24, 2.45) is 0 Å². The number of hydrogen-bond donors (Lipinski definition) is 0. The van der Waals surface area contributed by atoms with E-state index in [9.17, 15) is 9.18 Å². The van der Waals surface area contributed by atoms with Crippen molar-refractivity contribution >= 4 is 17.1 Å². The molecule has 0 atom stereocenters. The Kier molecular flexibility index (Phi) is 3.77. The van der Waals surface area contributed by atoms with Gasteiger partial charge in [-0.2, -0.15) is 0 Å². The van der Waals surface area contributed by atoms with Crippen molar-refractivity contribution in [3.63, 3.8) is 0 Å². The summed E-state index contributed by atoms with van der Waals surface area (Å²) in [4.78, 5) is 14.0. The van der Waals surface area contributed by atoms with E-state index in [1.165, 1.54) is 12.1 Å². The van der Waals surface area contributed by atoms with Gasteiger partial charge in [0, 0.05) is 21.4 Å². The lowest BCUT2D eigenvalue weighted by molar-refractivity contribution is 0.0921. The van der Waals surface area contributed by atoms with Crippen LogP contribution in [0.1, 0.15) is 20.1 Å². The number of benzene rings is 1. The van der Waals surface area contributed by atoms with Crippen LogP contribution in [0.5, 0.6) is 5.75 Å². The van der Waals surface area contributed by atoms with E-state index >= 15 is 0 Å². The van der Waals surface area contributed by atoms with Crippen LogP contribution < -0.4 is 4.74 Å². The first-order chi connectivity index (χ1) is 8.56. The predicted octanol–water partition coefficient (Wildman–Crippen LogP) is 3.77. The summed E-state index contributed by atoms with van der Waals surface area (Å²) in [6.45, 7) is 3.80. The Labute approximate surface area is 109 Å². The first-order valence-corrected chi connectivity index (χ1v) is 6.36. The quantitative estimate of drug-likeness (QED) is 0.786. The average Bonchev–Trinajstić information content (AvgIpc) is 2.66. The molecular formula is C14H13FO2S. The third-order valence-corrected chi connectivity index (χ3v) is 3.47. The maximum atomic E-state index is 12.9. The van der Waals surface area contributed by atoms with Crippen LogP contribution in [-0.4, -0.2) is 12.4 Å². The Hall–Kier alpha value is -1.68. The van der Waals surface area contributed by atoms with Crippen LogP contribution in [-0.2, 0) is 0 Å². The first-order valence-electron chi connectivity index (χ1n) is 5.55. The highest BCUT2D eigenvalue weighted by atomic mass is 32.1. The minimum atomic E-state index is -0.373.